The second-order valence-corrected chi connectivity index (χ2v) is 5.14. The molecule has 1 N–H and O–H groups in total. The van der Waals surface area contributed by atoms with Crippen LogP contribution in [0.5, 0.6) is 0 Å². The Labute approximate surface area is 110 Å². The Kier molecular flexibility index (Phi) is 4.38. The van der Waals surface area contributed by atoms with E-state index in [2.05, 4.69) is 29.4 Å². The number of hydrogen-bond acceptors (Lipinski definition) is 4. The normalized spacial score (nSPS) is 12.6. The number of hydrogen-bond donors (Lipinski definition) is 1. The third kappa shape index (κ3) is 3.11. The Balaban J connectivity index is 2.15. The summed E-state index contributed by atoms with van der Waals surface area (Å²) in [5, 5.41) is 13.3. The smallest absolute Gasteiger partial charge is 0.147 e. The molecule has 5 heteroatoms. The van der Waals surface area contributed by atoms with E-state index in [4.69, 9.17) is 0 Å². The molecule has 1 aromatic heterocycles. The van der Waals surface area contributed by atoms with Gasteiger partial charge in [0.25, 0.3) is 0 Å². The molecular weight excluding hydrogens is 249 g/mol. The minimum absolute atomic E-state index is 0.185. The van der Waals surface area contributed by atoms with Crippen molar-refractivity contribution >= 4 is 11.3 Å². The van der Waals surface area contributed by atoms with Crippen molar-refractivity contribution in [2.24, 2.45) is 0 Å². The summed E-state index contributed by atoms with van der Waals surface area (Å²) >= 11 is 1.50. The van der Waals surface area contributed by atoms with Gasteiger partial charge in [-0.25, -0.2) is 4.39 Å². The van der Waals surface area contributed by atoms with E-state index in [1.54, 1.807) is 6.07 Å². The predicted molar refractivity (Wildman–Crippen MR) is 72.0 cm³/mol. The average Bonchev–Trinajstić information content (AvgIpc) is 2.85. The molecule has 0 saturated carbocycles. The van der Waals surface area contributed by atoms with Crippen LogP contribution in [0.1, 0.15) is 31.3 Å². The molecule has 0 saturated heterocycles. The Morgan fingerprint density at radius 1 is 1.39 bits per heavy atom. The monoisotopic (exact) mass is 265 g/mol. The quantitative estimate of drug-likeness (QED) is 0.900. The lowest BCUT2D eigenvalue weighted by atomic mass is 10.2. The van der Waals surface area contributed by atoms with Crippen LogP contribution in [0.3, 0.4) is 0 Å². The Bertz CT molecular complexity index is 512. The van der Waals surface area contributed by atoms with Crippen LogP contribution in [-0.2, 0) is 0 Å². The van der Waals surface area contributed by atoms with E-state index in [1.807, 2.05) is 6.07 Å². The highest BCUT2D eigenvalue weighted by Gasteiger charge is 2.12. The van der Waals surface area contributed by atoms with E-state index in [-0.39, 0.29) is 11.9 Å². The lowest BCUT2D eigenvalue weighted by molar-refractivity contribution is 0.564. The Hall–Kier alpha value is -1.33. The van der Waals surface area contributed by atoms with Gasteiger partial charge in [-0.05, 0) is 32.0 Å². The maximum Gasteiger partial charge on any atom is 0.147 e. The summed E-state index contributed by atoms with van der Waals surface area (Å²) in [7, 11) is 0. The molecule has 18 heavy (non-hydrogen) atoms. The first-order valence-corrected chi connectivity index (χ1v) is 6.85. The highest BCUT2D eigenvalue weighted by molar-refractivity contribution is 7.14. The molecule has 0 fully saturated rings. The lowest BCUT2D eigenvalue weighted by Gasteiger charge is -2.08. The van der Waals surface area contributed by atoms with Gasteiger partial charge in [-0.3, -0.25) is 0 Å². The summed E-state index contributed by atoms with van der Waals surface area (Å²) in [5.41, 5.74) is 0.779. The minimum Gasteiger partial charge on any atom is -0.308 e. The second-order valence-electron chi connectivity index (χ2n) is 4.13. The van der Waals surface area contributed by atoms with Crippen molar-refractivity contribution < 1.29 is 4.39 Å². The van der Waals surface area contributed by atoms with Crippen LogP contribution >= 0.6 is 11.3 Å². The number of halogens is 1. The number of benzene rings is 1. The molecule has 0 spiro atoms. The van der Waals surface area contributed by atoms with Crippen molar-refractivity contribution in [3.05, 3.63) is 35.1 Å². The van der Waals surface area contributed by atoms with Gasteiger partial charge in [0.05, 0.1) is 6.04 Å². The average molecular weight is 265 g/mol. The molecule has 96 valence electrons. The molecule has 0 aliphatic heterocycles. The summed E-state index contributed by atoms with van der Waals surface area (Å²) < 4.78 is 13.1. The molecule has 2 aromatic rings. The van der Waals surface area contributed by atoms with Crippen LogP contribution in [0, 0.1) is 5.82 Å². The second kappa shape index (κ2) is 6.02. The van der Waals surface area contributed by atoms with E-state index >= 15 is 0 Å². The standard InChI is InChI=1S/C13H16FN3S/c1-3-7-15-9(2)12-16-17-13(18-12)10-5-4-6-11(14)8-10/h4-6,8-9,15H,3,7H2,1-2H3. The largest absolute Gasteiger partial charge is 0.308 e. The van der Waals surface area contributed by atoms with Crippen LogP contribution in [0.25, 0.3) is 10.6 Å². The molecule has 0 radical (unpaired) electrons. The van der Waals surface area contributed by atoms with Gasteiger partial charge in [0, 0.05) is 5.56 Å². The van der Waals surface area contributed by atoms with Crippen molar-refractivity contribution in [2.75, 3.05) is 6.54 Å². The van der Waals surface area contributed by atoms with Gasteiger partial charge in [-0.1, -0.05) is 30.4 Å². The predicted octanol–water partition coefficient (Wildman–Crippen LogP) is 3.40. The van der Waals surface area contributed by atoms with Gasteiger partial charge in [0.1, 0.15) is 15.8 Å². The molecule has 1 atom stereocenters. The third-order valence-corrected chi connectivity index (χ3v) is 3.74. The SMILES string of the molecule is CCCNC(C)c1nnc(-c2cccc(F)c2)s1. The van der Waals surface area contributed by atoms with Crippen molar-refractivity contribution in [2.45, 2.75) is 26.3 Å². The van der Waals surface area contributed by atoms with Gasteiger partial charge in [0.15, 0.2) is 0 Å². The molecule has 0 aliphatic rings. The molecule has 1 aromatic carbocycles. The number of rotatable bonds is 5. The number of nitrogens with one attached hydrogen (secondary N) is 1. The fourth-order valence-corrected chi connectivity index (χ4v) is 2.46. The van der Waals surface area contributed by atoms with Crippen molar-refractivity contribution in [1.82, 2.24) is 15.5 Å². The molecule has 3 nitrogen and oxygen atoms in total. The summed E-state index contributed by atoms with van der Waals surface area (Å²) in [6.45, 7) is 5.14. The van der Waals surface area contributed by atoms with E-state index in [1.165, 1.54) is 23.5 Å². The Morgan fingerprint density at radius 3 is 2.94 bits per heavy atom. The third-order valence-electron chi connectivity index (χ3n) is 2.58. The summed E-state index contributed by atoms with van der Waals surface area (Å²) in [5.74, 6) is -0.249. The van der Waals surface area contributed by atoms with Crippen LogP contribution in [-0.4, -0.2) is 16.7 Å². The molecular formula is C13H16FN3S. The van der Waals surface area contributed by atoms with E-state index < -0.39 is 0 Å². The molecule has 1 heterocycles. The van der Waals surface area contributed by atoms with Crippen LogP contribution in [0.15, 0.2) is 24.3 Å². The van der Waals surface area contributed by atoms with Crippen LogP contribution in [0.2, 0.25) is 0 Å². The van der Waals surface area contributed by atoms with Gasteiger partial charge >= 0.3 is 0 Å². The van der Waals surface area contributed by atoms with Crippen molar-refractivity contribution in [3.8, 4) is 10.6 Å². The maximum absolute atomic E-state index is 13.1. The lowest BCUT2D eigenvalue weighted by Crippen LogP contribution is -2.18. The van der Waals surface area contributed by atoms with E-state index in [9.17, 15) is 4.39 Å². The van der Waals surface area contributed by atoms with Gasteiger partial charge in [0.2, 0.25) is 0 Å². The van der Waals surface area contributed by atoms with E-state index in [0.717, 1.165) is 28.5 Å². The molecule has 2 rings (SSSR count). The van der Waals surface area contributed by atoms with Crippen LogP contribution < -0.4 is 5.32 Å². The zero-order valence-electron chi connectivity index (χ0n) is 10.5. The van der Waals surface area contributed by atoms with Crippen molar-refractivity contribution in [3.63, 3.8) is 0 Å². The first kappa shape index (κ1) is 13.1. The van der Waals surface area contributed by atoms with Gasteiger partial charge in [-0.2, -0.15) is 0 Å². The topological polar surface area (TPSA) is 37.8 Å². The molecule has 1 unspecified atom stereocenters. The Morgan fingerprint density at radius 2 is 2.22 bits per heavy atom. The molecule has 0 amide bonds. The maximum atomic E-state index is 13.1. The summed E-state index contributed by atoms with van der Waals surface area (Å²) in [6, 6.07) is 6.62. The first-order chi connectivity index (χ1) is 8.70. The first-order valence-electron chi connectivity index (χ1n) is 6.03. The number of nitrogens with zero attached hydrogens (tertiary/aromatic N) is 2. The fourth-order valence-electron chi connectivity index (χ4n) is 1.60. The highest BCUT2D eigenvalue weighted by atomic mass is 32.1. The minimum atomic E-state index is -0.249. The summed E-state index contributed by atoms with van der Waals surface area (Å²) in [6.07, 6.45) is 1.08. The van der Waals surface area contributed by atoms with Crippen LogP contribution in [0.4, 0.5) is 4.39 Å². The highest BCUT2D eigenvalue weighted by Crippen LogP contribution is 2.26. The van der Waals surface area contributed by atoms with E-state index in [0.29, 0.717) is 0 Å². The van der Waals surface area contributed by atoms with Gasteiger partial charge < -0.3 is 5.32 Å². The number of aromatic nitrogens is 2. The van der Waals surface area contributed by atoms with Crippen molar-refractivity contribution in [1.29, 1.82) is 0 Å². The molecule has 0 aliphatic carbocycles. The fraction of sp³-hybridized carbons (Fsp3) is 0.385. The molecule has 0 bridgehead atoms. The zero-order valence-corrected chi connectivity index (χ0v) is 11.3. The van der Waals surface area contributed by atoms with Gasteiger partial charge in [-0.15, -0.1) is 10.2 Å². The summed E-state index contributed by atoms with van der Waals surface area (Å²) in [4.78, 5) is 0. The zero-order chi connectivity index (χ0) is 13.0.